The maximum Gasteiger partial charge on any atom is 0.410 e. The number of carbonyl (C=O) groups excluding carboxylic acids is 1. The van der Waals surface area contributed by atoms with E-state index in [0.29, 0.717) is 38.0 Å². The van der Waals surface area contributed by atoms with Crippen LogP contribution in [0.25, 0.3) is 10.9 Å². The zero-order valence-electron chi connectivity index (χ0n) is 27.4. The second-order valence-corrected chi connectivity index (χ2v) is 12.7. The van der Waals surface area contributed by atoms with Crippen LogP contribution in [0, 0.1) is 5.92 Å². The number of ether oxygens (including phenoxy) is 3. The molecule has 2 aromatic heterocycles. The molecule has 0 radical (unpaired) electrons. The molecule has 1 amide bonds. The molecule has 10 heteroatoms. The van der Waals surface area contributed by atoms with Crippen molar-refractivity contribution in [2.24, 2.45) is 20.0 Å². The minimum atomic E-state index is -0.727. The highest BCUT2D eigenvalue weighted by Crippen LogP contribution is 2.47. The van der Waals surface area contributed by atoms with E-state index in [9.17, 15) is 14.4 Å². The second kappa shape index (κ2) is 13.2. The number of rotatable bonds is 8. The summed E-state index contributed by atoms with van der Waals surface area (Å²) < 4.78 is 21.3. The monoisotopic (exact) mass is 648 g/mol. The lowest BCUT2D eigenvalue weighted by Crippen LogP contribution is -2.49. The Morgan fingerprint density at radius 3 is 2.27 bits per heavy atom. The molecule has 2 aliphatic rings. The molecular formula is C38H40N4O6. The minimum Gasteiger partial charge on any atom is -0.449 e. The first-order valence-corrected chi connectivity index (χ1v) is 16.5. The summed E-state index contributed by atoms with van der Waals surface area (Å²) >= 11 is 0. The topological polar surface area (TPSA) is 108 Å². The van der Waals surface area contributed by atoms with Gasteiger partial charge in [-0.25, -0.2) is 9.59 Å². The number of hydrogen-bond acceptors (Lipinski definition) is 6. The number of nitrogens with zero attached hydrogens (tertiary/aromatic N) is 3. The van der Waals surface area contributed by atoms with Gasteiger partial charge in [0.2, 0.25) is 12.2 Å². The fraction of sp³-hybridized carbons (Fsp3) is 0.342. The van der Waals surface area contributed by atoms with E-state index >= 15 is 0 Å². The number of hydrogen-bond donors (Lipinski definition) is 1. The van der Waals surface area contributed by atoms with Gasteiger partial charge in [0.1, 0.15) is 6.61 Å². The van der Waals surface area contributed by atoms with Crippen LogP contribution in [0.15, 0.2) is 94.5 Å². The number of carbonyl (C=O) groups is 1. The van der Waals surface area contributed by atoms with Gasteiger partial charge < -0.3 is 19.2 Å². The molecule has 0 fully saturated rings. The summed E-state index contributed by atoms with van der Waals surface area (Å²) in [5, 5.41) is 1.12. The predicted molar refractivity (Wildman–Crippen MR) is 182 cm³/mol. The van der Waals surface area contributed by atoms with Crippen molar-refractivity contribution < 1.29 is 19.0 Å². The number of nitrogens with one attached hydrogen (secondary N) is 1. The predicted octanol–water partition coefficient (Wildman–Crippen LogP) is 5.94. The SMILES string of the molecule is CC[C@@H]1[C@H](OCc2ccccc2)Oc2c(c(=O)n(C)c(=O)n2C)[C@H]1C[C@H]1c2[nH]c3ccccc3c2CCN1C(=O)OCc1ccccc1. The zero-order valence-corrected chi connectivity index (χ0v) is 27.4. The summed E-state index contributed by atoms with van der Waals surface area (Å²) in [5.41, 5.74) is 4.52. The van der Waals surface area contributed by atoms with Crippen molar-refractivity contribution in [3.05, 3.63) is 134 Å². The van der Waals surface area contributed by atoms with Crippen LogP contribution in [-0.2, 0) is 43.2 Å². The standard InChI is InChI=1S/C38H40N4O6/c1-4-26-29(32-34(43)40(2)37(44)41(3)35(32)48-36(26)46-22-24-13-7-5-8-14-24)21-31-33-28(27-17-11-12-18-30(27)39-33)19-20-42(31)38(45)47-23-25-15-9-6-10-16-25/h5-18,26,29,31,36,39H,4,19-23H2,1-3H3/t26-,29-,31-,36+/m0/s1. The Labute approximate surface area is 278 Å². The Bertz CT molecular complexity index is 2050. The highest BCUT2D eigenvalue weighted by atomic mass is 16.7. The van der Waals surface area contributed by atoms with Crippen molar-refractivity contribution in [1.82, 2.24) is 19.0 Å². The number of benzene rings is 3. The molecule has 0 aliphatic carbocycles. The fourth-order valence-electron chi connectivity index (χ4n) is 7.42. The van der Waals surface area contributed by atoms with Crippen molar-refractivity contribution >= 4 is 17.0 Å². The van der Waals surface area contributed by atoms with Crippen LogP contribution >= 0.6 is 0 Å². The molecule has 48 heavy (non-hydrogen) atoms. The largest absolute Gasteiger partial charge is 0.449 e. The molecule has 2 aliphatic heterocycles. The third-order valence-electron chi connectivity index (χ3n) is 9.91. The number of amides is 1. The number of aromatic nitrogens is 3. The summed E-state index contributed by atoms with van der Waals surface area (Å²) in [6.07, 6.45) is 0.554. The van der Waals surface area contributed by atoms with Gasteiger partial charge in [-0.3, -0.25) is 18.8 Å². The maximum absolute atomic E-state index is 14.0. The van der Waals surface area contributed by atoms with Gasteiger partial charge in [0.25, 0.3) is 5.56 Å². The van der Waals surface area contributed by atoms with Crippen molar-refractivity contribution in [2.45, 2.75) is 57.6 Å². The minimum absolute atomic E-state index is 0.151. The Balaban J connectivity index is 1.30. The van der Waals surface area contributed by atoms with E-state index in [1.807, 2.05) is 78.9 Å². The van der Waals surface area contributed by atoms with E-state index in [1.54, 1.807) is 11.9 Å². The Kier molecular flexibility index (Phi) is 8.66. The second-order valence-electron chi connectivity index (χ2n) is 12.7. The van der Waals surface area contributed by atoms with Crippen molar-refractivity contribution in [3.8, 4) is 5.88 Å². The van der Waals surface area contributed by atoms with Crippen molar-refractivity contribution in [2.75, 3.05) is 6.54 Å². The number of aromatic amines is 1. The van der Waals surface area contributed by atoms with Crippen LogP contribution in [0.3, 0.4) is 0 Å². The van der Waals surface area contributed by atoms with E-state index < -0.39 is 35.6 Å². The number of H-pyrrole nitrogens is 1. The quantitative estimate of drug-likeness (QED) is 0.223. The summed E-state index contributed by atoms with van der Waals surface area (Å²) in [6.45, 7) is 2.96. The molecule has 7 rings (SSSR count). The molecule has 4 atom stereocenters. The average Bonchev–Trinajstić information content (AvgIpc) is 3.51. The van der Waals surface area contributed by atoms with E-state index in [0.717, 1.165) is 37.9 Å². The maximum atomic E-state index is 14.0. The van der Waals surface area contributed by atoms with E-state index in [4.69, 9.17) is 14.2 Å². The van der Waals surface area contributed by atoms with Gasteiger partial charge in [-0.1, -0.05) is 85.8 Å². The van der Waals surface area contributed by atoms with E-state index in [1.165, 1.54) is 11.6 Å². The number of fused-ring (bicyclic) bond motifs is 4. The van der Waals surface area contributed by atoms with Crippen LogP contribution in [0.1, 0.15) is 59.7 Å². The molecule has 10 nitrogen and oxygen atoms in total. The van der Waals surface area contributed by atoms with Crippen LogP contribution in [0.2, 0.25) is 0 Å². The van der Waals surface area contributed by atoms with Gasteiger partial charge >= 0.3 is 11.8 Å². The summed E-state index contributed by atoms with van der Waals surface area (Å²) in [4.78, 5) is 46.4. The smallest absolute Gasteiger partial charge is 0.410 e. The first-order valence-electron chi connectivity index (χ1n) is 16.5. The highest BCUT2D eigenvalue weighted by molar-refractivity contribution is 5.85. The molecule has 0 spiro atoms. The molecule has 0 saturated carbocycles. The van der Waals surface area contributed by atoms with Gasteiger partial charge in [-0.15, -0.1) is 0 Å². The molecule has 1 N–H and O–H groups in total. The van der Waals surface area contributed by atoms with Gasteiger partial charge in [0.15, 0.2) is 0 Å². The van der Waals surface area contributed by atoms with Gasteiger partial charge in [-0.2, -0.15) is 0 Å². The lowest BCUT2D eigenvalue weighted by atomic mass is 9.77. The third kappa shape index (κ3) is 5.70. The van der Waals surface area contributed by atoms with E-state index in [-0.39, 0.29) is 18.4 Å². The van der Waals surface area contributed by atoms with Crippen LogP contribution in [0.5, 0.6) is 5.88 Å². The molecule has 0 unspecified atom stereocenters. The van der Waals surface area contributed by atoms with Crippen molar-refractivity contribution in [1.29, 1.82) is 0 Å². The lowest BCUT2D eigenvalue weighted by Gasteiger charge is -2.42. The molecule has 4 heterocycles. The van der Waals surface area contributed by atoms with Gasteiger partial charge in [0, 0.05) is 49.1 Å². The average molecular weight is 649 g/mol. The van der Waals surface area contributed by atoms with Crippen LogP contribution < -0.4 is 16.0 Å². The summed E-state index contributed by atoms with van der Waals surface area (Å²) in [5.74, 6) is -0.443. The Morgan fingerprint density at radius 1 is 0.896 bits per heavy atom. The van der Waals surface area contributed by atoms with E-state index in [2.05, 4.69) is 18.0 Å². The molecule has 5 aromatic rings. The molecular weight excluding hydrogens is 608 g/mol. The first kappa shape index (κ1) is 31.5. The summed E-state index contributed by atoms with van der Waals surface area (Å²) in [7, 11) is 3.10. The Hall–Kier alpha value is -5.09. The zero-order chi connectivity index (χ0) is 33.4. The lowest BCUT2D eigenvalue weighted by molar-refractivity contribution is -0.146. The van der Waals surface area contributed by atoms with Gasteiger partial charge in [-0.05, 0) is 42.0 Å². The molecule has 248 valence electrons. The van der Waals surface area contributed by atoms with Gasteiger partial charge in [0.05, 0.1) is 18.2 Å². The Morgan fingerprint density at radius 2 is 1.56 bits per heavy atom. The van der Waals surface area contributed by atoms with Crippen LogP contribution in [-0.4, -0.2) is 37.9 Å². The normalized spacial score (nSPS) is 20.2. The molecule has 3 aromatic carbocycles. The fourth-order valence-corrected chi connectivity index (χ4v) is 7.42. The number of para-hydroxylation sites is 1. The molecule has 0 saturated heterocycles. The van der Waals surface area contributed by atoms with Crippen LogP contribution in [0.4, 0.5) is 4.79 Å². The molecule has 0 bridgehead atoms. The summed E-state index contributed by atoms with van der Waals surface area (Å²) in [6, 6.07) is 27.2. The third-order valence-corrected chi connectivity index (χ3v) is 9.91. The first-order chi connectivity index (χ1) is 23.4. The highest BCUT2D eigenvalue weighted by Gasteiger charge is 2.45. The van der Waals surface area contributed by atoms with Crippen molar-refractivity contribution in [3.63, 3.8) is 0 Å².